The molecule has 0 aliphatic carbocycles. The first-order chi connectivity index (χ1) is 37.9. The number of anilines is 2. The number of carbonyl (C=O) groups excluding carboxylic acids is 2. The summed E-state index contributed by atoms with van der Waals surface area (Å²) in [6.07, 6.45) is 1.08. The number of rotatable bonds is 21. The summed E-state index contributed by atoms with van der Waals surface area (Å²) in [6, 6.07) is 61.0. The lowest BCUT2D eigenvalue weighted by molar-refractivity contribution is 0.0511. The van der Waals surface area contributed by atoms with Gasteiger partial charge in [-0.2, -0.15) is 11.8 Å². The molecule has 0 unspecified atom stereocenters. The number of imidazole rings is 1. The van der Waals surface area contributed by atoms with E-state index in [4.69, 9.17) is 35.2 Å². The van der Waals surface area contributed by atoms with E-state index in [1.54, 1.807) is 48.8 Å². The largest absolute Gasteiger partial charge is 0.461 e. The van der Waals surface area contributed by atoms with Crippen molar-refractivity contribution in [2.24, 2.45) is 0 Å². The topological polar surface area (TPSA) is 153 Å². The van der Waals surface area contributed by atoms with E-state index in [0.717, 1.165) is 73.3 Å². The van der Waals surface area contributed by atoms with Crippen molar-refractivity contribution in [2.45, 2.75) is 75.8 Å². The smallest absolute Gasteiger partial charge is 0.414 e. The summed E-state index contributed by atoms with van der Waals surface area (Å²) in [5.74, 6) is 4.55. The fourth-order valence-corrected chi connectivity index (χ4v) is 11.4. The van der Waals surface area contributed by atoms with Crippen LogP contribution in [0.15, 0.2) is 187 Å². The quantitative estimate of drug-likeness (QED) is 0.0240. The third-order valence-electron chi connectivity index (χ3n) is 13.0. The number of aryl methyl sites for hydroxylation is 1. The van der Waals surface area contributed by atoms with Crippen LogP contribution in [0.3, 0.4) is 0 Å². The van der Waals surface area contributed by atoms with Gasteiger partial charge in [-0.1, -0.05) is 146 Å². The van der Waals surface area contributed by atoms with Crippen LogP contribution < -0.4 is 15.4 Å². The van der Waals surface area contributed by atoms with Crippen LogP contribution in [0.25, 0.3) is 22.5 Å². The van der Waals surface area contributed by atoms with E-state index in [0.29, 0.717) is 53.1 Å². The molecule has 0 atom stereocenters. The van der Waals surface area contributed by atoms with Crippen LogP contribution in [-0.2, 0) is 33.7 Å². The highest BCUT2D eigenvalue weighted by Crippen LogP contribution is 2.44. The second-order valence-corrected chi connectivity index (χ2v) is 21.9. The van der Waals surface area contributed by atoms with Gasteiger partial charge in [0.25, 0.3) is 0 Å². The van der Waals surface area contributed by atoms with Gasteiger partial charge in [0.1, 0.15) is 28.5 Å². The molecule has 0 saturated carbocycles. The molecule has 0 saturated heterocycles. The van der Waals surface area contributed by atoms with E-state index >= 15 is 0 Å². The first-order valence-electron chi connectivity index (χ1n) is 26.1. The van der Waals surface area contributed by atoms with Crippen molar-refractivity contribution >= 4 is 47.0 Å². The van der Waals surface area contributed by atoms with Crippen molar-refractivity contribution in [1.29, 1.82) is 0 Å². The number of amides is 1. The Hall–Kier alpha value is -8.14. The van der Waals surface area contributed by atoms with Crippen molar-refractivity contribution in [3.63, 3.8) is 0 Å². The van der Waals surface area contributed by atoms with E-state index < -0.39 is 17.2 Å². The van der Waals surface area contributed by atoms with Crippen molar-refractivity contribution in [1.82, 2.24) is 29.8 Å². The number of nitrogen functional groups attached to an aromatic ring is 1. The number of nitrogens with zero attached hydrogens (tertiary/aromatic N) is 7. The Kier molecular flexibility index (Phi) is 17.4. The van der Waals surface area contributed by atoms with Gasteiger partial charge in [-0.3, -0.25) is 4.90 Å². The van der Waals surface area contributed by atoms with Gasteiger partial charge in [0.05, 0.1) is 23.7 Å². The predicted molar refractivity (Wildman–Crippen MR) is 313 cm³/mol. The lowest BCUT2D eigenvalue weighted by atomic mass is 9.77. The van der Waals surface area contributed by atoms with Gasteiger partial charge >= 0.3 is 12.1 Å². The zero-order chi connectivity index (χ0) is 54.7. The zero-order valence-corrected chi connectivity index (χ0v) is 46.5. The molecule has 2 heterocycles. The number of hydrogen-bond donors (Lipinski definition) is 1. The zero-order valence-electron chi connectivity index (χ0n) is 44.8. The minimum absolute atomic E-state index is 0.257. The van der Waals surface area contributed by atoms with Crippen LogP contribution >= 0.6 is 23.5 Å². The highest BCUT2D eigenvalue weighted by molar-refractivity contribution is 8.02. The fourth-order valence-electron chi connectivity index (χ4n) is 9.49. The monoisotopic (exact) mass is 1080 g/mol. The van der Waals surface area contributed by atoms with Crippen LogP contribution in [0.1, 0.15) is 85.3 Å². The van der Waals surface area contributed by atoms with Gasteiger partial charge in [-0.15, -0.1) is 16.9 Å². The molecule has 15 heteroatoms. The van der Waals surface area contributed by atoms with Crippen LogP contribution in [-0.4, -0.2) is 72.6 Å². The maximum Gasteiger partial charge on any atom is 0.414 e. The maximum atomic E-state index is 13.9. The summed E-state index contributed by atoms with van der Waals surface area (Å²) in [5, 5.41) is 13.9. The third kappa shape index (κ3) is 12.3. The van der Waals surface area contributed by atoms with Crippen LogP contribution in [0.5, 0.6) is 11.5 Å². The van der Waals surface area contributed by atoms with E-state index in [9.17, 15) is 9.59 Å². The lowest BCUT2D eigenvalue weighted by Gasteiger charge is -2.36. The van der Waals surface area contributed by atoms with Gasteiger partial charge in [0, 0.05) is 53.8 Å². The predicted octanol–water partition coefficient (Wildman–Crippen LogP) is 14.0. The number of esters is 1. The molecule has 0 radical (unpaired) electrons. The molecule has 1 amide bonds. The van der Waals surface area contributed by atoms with Crippen molar-refractivity contribution in [3.05, 3.63) is 221 Å². The van der Waals surface area contributed by atoms with Crippen LogP contribution in [0.4, 0.5) is 16.2 Å². The highest BCUT2D eigenvalue weighted by atomic mass is 32.2. The molecular weight excluding hydrogens is 1010 g/mol. The first kappa shape index (κ1) is 54.6. The fraction of sp³-hybridized carbons (Fsp3) is 0.238. The molecule has 0 spiro atoms. The molecule has 9 aromatic rings. The highest BCUT2D eigenvalue weighted by Gasteiger charge is 2.42. The Balaban J connectivity index is 0.900. The minimum atomic E-state index is -0.906. The van der Waals surface area contributed by atoms with E-state index in [-0.39, 0.29) is 12.6 Å². The van der Waals surface area contributed by atoms with Crippen molar-refractivity contribution < 1.29 is 23.8 Å². The Labute approximate surface area is 465 Å². The molecule has 78 heavy (non-hydrogen) atoms. The molecular formula is C63H64N8O5S2. The van der Waals surface area contributed by atoms with Crippen molar-refractivity contribution in [2.75, 3.05) is 35.8 Å². The summed E-state index contributed by atoms with van der Waals surface area (Å²) in [4.78, 5) is 34.2. The summed E-state index contributed by atoms with van der Waals surface area (Å²) < 4.78 is 21.4. The first-order valence-corrected chi connectivity index (χ1v) is 28.3. The van der Waals surface area contributed by atoms with Gasteiger partial charge in [0.15, 0.2) is 11.5 Å². The number of thioether (sulfide) groups is 2. The Bertz CT molecular complexity index is 3340. The molecule has 13 nitrogen and oxygen atoms in total. The van der Waals surface area contributed by atoms with Gasteiger partial charge < -0.3 is 24.5 Å². The van der Waals surface area contributed by atoms with Crippen molar-refractivity contribution in [3.8, 4) is 34.0 Å². The number of aromatic nitrogens is 6. The minimum Gasteiger partial charge on any atom is -0.461 e. The van der Waals surface area contributed by atoms with Gasteiger partial charge in [-0.25, -0.2) is 19.3 Å². The molecule has 0 fully saturated rings. The standard InChI is InChI=1S/C63H64N8O5S2/c1-7-20-57-65-55(43-77-39-40-78-51-36-33-49(34-37-51)75-50-35-38-54(64)56(41-50)69(6)61(73)76-62(3,4)5)58(60(72)74-8-2)70(57)42-44-29-31-45(32-30-44)52-27-18-19-28-53(52)59-66-67-68-71(59)63(46-21-12-9-13-22-46,47-23-14-10-15-24-47)48-25-16-11-17-26-48/h9-19,21-38,41H,7-8,20,39-40,42-43,64H2,1-6H3. The number of nitrogens with two attached hydrogens (primary N) is 1. The van der Waals surface area contributed by atoms with E-state index in [1.807, 2.05) is 91.5 Å². The molecule has 2 N–H and O–H groups in total. The van der Waals surface area contributed by atoms with Crippen LogP contribution in [0.2, 0.25) is 0 Å². The summed E-state index contributed by atoms with van der Waals surface area (Å²) in [6.45, 7) is 10.1. The molecule has 0 bridgehead atoms. The lowest BCUT2D eigenvalue weighted by Crippen LogP contribution is -2.39. The number of hydrogen-bond acceptors (Lipinski definition) is 12. The molecule has 0 aliphatic rings. The summed E-state index contributed by atoms with van der Waals surface area (Å²) >= 11 is 3.48. The molecule has 7 aromatic carbocycles. The second kappa shape index (κ2) is 24.9. The van der Waals surface area contributed by atoms with Crippen LogP contribution in [0, 0.1) is 0 Å². The Morgan fingerprint density at radius 1 is 0.705 bits per heavy atom. The Morgan fingerprint density at radius 3 is 1.91 bits per heavy atom. The number of ether oxygens (including phenoxy) is 3. The van der Waals surface area contributed by atoms with Gasteiger partial charge in [0.2, 0.25) is 0 Å². The molecule has 9 rings (SSSR count). The van der Waals surface area contributed by atoms with E-state index in [2.05, 4.69) is 121 Å². The average molecular weight is 1080 g/mol. The van der Waals surface area contributed by atoms with Gasteiger partial charge in [-0.05, 0) is 114 Å². The molecule has 0 aliphatic heterocycles. The summed E-state index contributed by atoms with van der Waals surface area (Å²) in [5.41, 5.74) is 13.8. The molecule has 398 valence electrons. The average Bonchev–Trinajstić information content (AvgIpc) is 4.25. The summed E-state index contributed by atoms with van der Waals surface area (Å²) in [7, 11) is 1.62. The van der Waals surface area contributed by atoms with E-state index in [1.165, 1.54) is 4.90 Å². The Morgan fingerprint density at radius 2 is 1.31 bits per heavy atom. The normalized spacial score (nSPS) is 11.6. The molecule has 2 aromatic heterocycles. The number of carbonyl (C=O) groups is 2. The third-order valence-corrected chi connectivity index (χ3v) is 15.3. The number of tetrazole rings is 1. The SMILES string of the molecule is CCCc1nc(CSCCSc2ccc(Oc3ccc(N)c(N(C)C(=O)OC(C)(C)C)c3)cc2)c(C(=O)OCC)n1Cc1ccc(-c2ccccc2-c2nnnn2C(c2ccccc2)(c2ccccc2)c2ccccc2)cc1. The maximum absolute atomic E-state index is 13.9. The number of benzene rings is 7. The second-order valence-electron chi connectivity index (χ2n) is 19.6.